The Labute approximate surface area is 94.5 Å². The normalized spacial score (nSPS) is 22.4. The lowest BCUT2D eigenvalue weighted by Crippen LogP contribution is -2.35. The lowest BCUT2D eigenvalue weighted by molar-refractivity contribution is 0.161. The second kappa shape index (κ2) is 6.49. The molecule has 0 bridgehead atoms. The molecule has 0 saturated heterocycles. The minimum absolute atomic E-state index is 0.160. The van der Waals surface area contributed by atoms with Crippen LogP contribution in [-0.4, -0.2) is 23.8 Å². The molecule has 2 nitrogen and oxygen atoms in total. The molecule has 0 amide bonds. The van der Waals surface area contributed by atoms with Crippen molar-refractivity contribution in [3.8, 4) is 0 Å². The topological polar surface area (TPSA) is 32.3 Å². The van der Waals surface area contributed by atoms with E-state index in [1.165, 1.54) is 25.7 Å². The molecular weight excluding hydrogens is 186 g/mol. The molecule has 15 heavy (non-hydrogen) atoms. The van der Waals surface area contributed by atoms with Gasteiger partial charge in [-0.3, -0.25) is 0 Å². The van der Waals surface area contributed by atoms with Gasteiger partial charge >= 0.3 is 0 Å². The molecule has 2 N–H and O–H groups in total. The number of nitrogens with one attached hydrogen (secondary N) is 1. The molecule has 0 aromatic carbocycles. The Balaban J connectivity index is 2.14. The van der Waals surface area contributed by atoms with Crippen LogP contribution >= 0.6 is 0 Å². The van der Waals surface area contributed by atoms with E-state index in [4.69, 9.17) is 0 Å². The Bertz CT molecular complexity index is 166. The van der Waals surface area contributed by atoms with Gasteiger partial charge in [0.2, 0.25) is 0 Å². The van der Waals surface area contributed by atoms with Crippen molar-refractivity contribution in [1.82, 2.24) is 5.32 Å². The maximum absolute atomic E-state index is 9.29. The first kappa shape index (κ1) is 13.0. The summed E-state index contributed by atoms with van der Waals surface area (Å²) >= 11 is 0. The number of hydrogen-bond donors (Lipinski definition) is 2. The number of aliphatic hydroxyl groups excluding tert-OH is 1. The molecule has 0 aromatic heterocycles. The van der Waals surface area contributed by atoms with Crippen molar-refractivity contribution in [1.29, 1.82) is 0 Å². The molecule has 3 unspecified atom stereocenters. The van der Waals surface area contributed by atoms with Gasteiger partial charge in [0.05, 0.1) is 6.10 Å². The highest BCUT2D eigenvalue weighted by Gasteiger charge is 2.30. The van der Waals surface area contributed by atoms with Crippen LogP contribution in [0, 0.1) is 11.8 Å². The zero-order valence-corrected chi connectivity index (χ0v) is 10.5. The van der Waals surface area contributed by atoms with Gasteiger partial charge in [0.25, 0.3) is 0 Å². The lowest BCUT2D eigenvalue weighted by Gasteiger charge is -2.21. The Kier molecular flexibility index (Phi) is 5.62. The third-order valence-electron chi connectivity index (χ3n) is 3.26. The Morgan fingerprint density at radius 3 is 2.47 bits per heavy atom. The molecule has 2 heteroatoms. The summed E-state index contributed by atoms with van der Waals surface area (Å²) in [5.74, 6) is 1.53. The highest BCUT2D eigenvalue weighted by atomic mass is 16.3. The smallest absolute Gasteiger partial charge is 0.0515 e. The van der Waals surface area contributed by atoms with Gasteiger partial charge in [-0.1, -0.05) is 20.3 Å². The van der Waals surface area contributed by atoms with Crippen LogP contribution in [0.2, 0.25) is 0 Å². The van der Waals surface area contributed by atoms with Gasteiger partial charge in [-0.05, 0) is 51.0 Å². The zero-order valence-electron chi connectivity index (χ0n) is 10.5. The summed E-state index contributed by atoms with van der Waals surface area (Å²) in [5, 5.41) is 13.0. The fraction of sp³-hybridized carbons (Fsp3) is 1.00. The highest BCUT2D eigenvalue weighted by Crippen LogP contribution is 2.34. The first-order chi connectivity index (χ1) is 7.13. The standard InChI is InChI=1S/C13H27NO/c1-4-5-13(12-6-7-12)14-9-10(2)8-11(3)15/h10-15H,4-9H2,1-3H3. The third kappa shape index (κ3) is 5.53. The Morgan fingerprint density at radius 2 is 2.00 bits per heavy atom. The van der Waals surface area contributed by atoms with Gasteiger partial charge in [0.1, 0.15) is 0 Å². The summed E-state index contributed by atoms with van der Waals surface area (Å²) in [6.45, 7) is 7.42. The lowest BCUT2D eigenvalue weighted by atomic mass is 10.0. The minimum atomic E-state index is -0.160. The third-order valence-corrected chi connectivity index (χ3v) is 3.26. The fourth-order valence-electron chi connectivity index (χ4n) is 2.33. The maximum Gasteiger partial charge on any atom is 0.0515 e. The molecule has 1 saturated carbocycles. The van der Waals surface area contributed by atoms with Crippen LogP contribution in [0.4, 0.5) is 0 Å². The molecule has 1 aliphatic rings. The molecule has 1 fully saturated rings. The van der Waals surface area contributed by atoms with Gasteiger partial charge in [-0.2, -0.15) is 0 Å². The van der Waals surface area contributed by atoms with Crippen LogP contribution in [0.5, 0.6) is 0 Å². The summed E-state index contributed by atoms with van der Waals surface area (Å²) in [5.41, 5.74) is 0. The molecule has 1 aliphatic carbocycles. The van der Waals surface area contributed by atoms with Crippen LogP contribution in [0.25, 0.3) is 0 Å². The van der Waals surface area contributed by atoms with Crippen molar-refractivity contribution in [3.63, 3.8) is 0 Å². The average Bonchev–Trinajstić information content (AvgIpc) is 2.94. The van der Waals surface area contributed by atoms with E-state index in [9.17, 15) is 5.11 Å². The van der Waals surface area contributed by atoms with Crippen LogP contribution in [0.15, 0.2) is 0 Å². The molecule has 0 aromatic rings. The highest BCUT2D eigenvalue weighted by molar-refractivity contribution is 4.86. The molecular formula is C13H27NO. The molecule has 0 radical (unpaired) electrons. The molecule has 0 aliphatic heterocycles. The second-order valence-corrected chi connectivity index (χ2v) is 5.33. The molecule has 0 spiro atoms. The van der Waals surface area contributed by atoms with E-state index in [1.807, 2.05) is 6.92 Å². The number of rotatable bonds is 8. The predicted molar refractivity (Wildman–Crippen MR) is 64.9 cm³/mol. The summed E-state index contributed by atoms with van der Waals surface area (Å²) in [4.78, 5) is 0. The van der Waals surface area contributed by atoms with E-state index in [2.05, 4.69) is 19.2 Å². The summed E-state index contributed by atoms with van der Waals surface area (Å²) < 4.78 is 0. The van der Waals surface area contributed by atoms with Crippen molar-refractivity contribution >= 4 is 0 Å². The van der Waals surface area contributed by atoms with E-state index >= 15 is 0 Å². The predicted octanol–water partition coefficient (Wildman–Crippen LogP) is 2.56. The Morgan fingerprint density at radius 1 is 1.33 bits per heavy atom. The van der Waals surface area contributed by atoms with E-state index < -0.39 is 0 Å². The van der Waals surface area contributed by atoms with Gasteiger partial charge in [0, 0.05) is 6.04 Å². The minimum Gasteiger partial charge on any atom is -0.393 e. The number of aliphatic hydroxyl groups is 1. The quantitative estimate of drug-likeness (QED) is 0.649. The second-order valence-electron chi connectivity index (χ2n) is 5.33. The zero-order chi connectivity index (χ0) is 11.3. The largest absolute Gasteiger partial charge is 0.393 e. The van der Waals surface area contributed by atoms with E-state index in [0.717, 1.165) is 24.9 Å². The molecule has 3 atom stereocenters. The van der Waals surface area contributed by atoms with Crippen molar-refractivity contribution < 1.29 is 5.11 Å². The first-order valence-electron chi connectivity index (χ1n) is 6.55. The van der Waals surface area contributed by atoms with Gasteiger partial charge in [-0.15, -0.1) is 0 Å². The molecule has 1 rings (SSSR count). The van der Waals surface area contributed by atoms with E-state index in [1.54, 1.807) is 0 Å². The monoisotopic (exact) mass is 213 g/mol. The Hall–Kier alpha value is -0.0800. The van der Waals surface area contributed by atoms with Crippen molar-refractivity contribution in [3.05, 3.63) is 0 Å². The summed E-state index contributed by atoms with van der Waals surface area (Å²) in [7, 11) is 0. The fourth-order valence-corrected chi connectivity index (χ4v) is 2.33. The summed E-state index contributed by atoms with van der Waals surface area (Å²) in [6.07, 6.45) is 6.18. The van der Waals surface area contributed by atoms with E-state index in [-0.39, 0.29) is 6.10 Å². The van der Waals surface area contributed by atoms with Crippen LogP contribution in [0.1, 0.15) is 52.9 Å². The van der Waals surface area contributed by atoms with Crippen molar-refractivity contribution in [2.24, 2.45) is 11.8 Å². The summed E-state index contributed by atoms with van der Waals surface area (Å²) in [6, 6.07) is 0.742. The van der Waals surface area contributed by atoms with Gasteiger partial charge < -0.3 is 10.4 Å². The van der Waals surface area contributed by atoms with Gasteiger partial charge in [0.15, 0.2) is 0 Å². The van der Waals surface area contributed by atoms with Crippen molar-refractivity contribution in [2.75, 3.05) is 6.54 Å². The first-order valence-corrected chi connectivity index (χ1v) is 6.55. The van der Waals surface area contributed by atoms with Crippen LogP contribution < -0.4 is 5.32 Å². The van der Waals surface area contributed by atoms with Crippen molar-refractivity contribution in [2.45, 2.75) is 65.0 Å². The molecule has 90 valence electrons. The maximum atomic E-state index is 9.29. The van der Waals surface area contributed by atoms with E-state index in [0.29, 0.717) is 5.92 Å². The average molecular weight is 213 g/mol. The van der Waals surface area contributed by atoms with Gasteiger partial charge in [-0.25, -0.2) is 0 Å². The molecule has 0 heterocycles. The van der Waals surface area contributed by atoms with Crippen LogP contribution in [-0.2, 0) is 0 Å². The number of hydrogen-bond acceptors (Lipinski definition) is 2. The van der Waals surface area contributed by atoms with Crippen LogP contribution in [0.3, 0.4) is 0 Å². The SMILES string of the molecule is CCCC(NCC(C)CC(C)O)C1CC1.